The Bertz CT molecular complexity index is 1270. The summed E-state index contributed by atoms with van der Waals surface area (Å²) in [5.41, 5.74) is 4.55. The zero-order chi connectivity index (χ0) is 25.1. The van der Waals surface area contributed by atoms with Crippen LogP contribution < -0.4 is 10.9 Å². The number of ether oxygens (including phenoxy) is 2. The summed E-state index contributed by atoms with van der Waals surface area (Å²) in [6, 6.07) is 7.97. The number of fused-ring (bicyclic) bond motifs is 1. The van der Waals surface area contributed by atoms with Crippen LogP contribution in [0.2, 0.25) is 0 Å². The van der Waals surface area contributed by atoms with Crippen molar-refractivity contribution in [2.45, 2.75) is 65.1 Å². The number of nitrogens with zero attached hydrogens (tertiary/aromatic N) is 2. The molecule has 0 bridgehead atoms. The molecule has 5 rings (SSSR count). The number of pyridine rings is 1. The first kappa shape index (κ1) is 24.7. The van der Waals surface area contributed by atoms with Gasteiger partial charge in [-0.1, -0.05) is 18.9 Å². The second-order valence-electron chi connectivity index (χ2n) is 10.2. The first-order chi connectivity index (χ1) is 17.5. The quantitative estimate of drug-likeness (QED) is 0.416. The van der Waals surface area contributed by atoms with Gasteiger partial charge in [-0.2, -0.15) is 0 Å². The van der Waals surface area contributed by atoms with Crippen molar-refractivity contribution in [1.29, 1.82) is 0 Å². The van der Waals surface area contributed by atoms with Gasteiger partial charge in [-0.15, -0.1) is 0 Å². The molecule has 0 amide bonds. The van der Waals surface area contributed by atoms with Gasteiger partial charge in [-0.05, 0) is 68.7 Å². The smallest absolute Gasteiger partial charge is 0.323 e. The number of hydrogen-bond acceptors (Lipinski definition) is 6. The third kappa shape index (κ3) is 5.71. The molecule has 2 aliphatic rings. The van der Waals surface area contributed by atoms with E-state index in [1.807, 2.05) is 19.9 Å². The lowest BCUT2D eigenvalue weighted by atomic mass is 10.00. The van der Waals surface area contributed by atoms with Crippen LogP contribution in [0.3, 0.4) is 0 Å². The molecular formula is C28H36N4O4. The van der Waals surface area contributed by atoms with Gasteiger partial charge in [0.15, 0.2) is 0 Å². The molecule has 1 aliphatic heterocycles. The van der Waals surface area contributed by atoms with Crippen LogP contribution in [0.1, 0.15) is 50.2 Å². The molecule has 1 aromatic carbocycles. The molecule has 0 unspecified atom stereocenters. The number of aromatic amines is 1. The number of hydrogen-bond donors (Lipinski definition) is 2. The Morgan fingerprint density at radius 1 is 1.22 bits per heavy atom. The summed E-state index contributed by atoms with van der Waals surface area (Å²) < 4.78 is 13.1. The van der Waals surface area contributed by atoms with E-state index in [-0.39, 0.29) is 17.6 Å². The second kappa shape index (κ2) is 11.0. The monoisotopic (exact) mass is 492 g/mol. The van der Waals surface area contributed by atoms with Gasteiger partial charge >= 0.3 is 5.97 Å². The Kier molecular flexibility index (Phi) is 7.53. The van der Waals surface area contributed by atoms with Crippen molar-refractivity contribution in [3.05, 3.63) is 51.9 Å². The van der Waals surface area contributed by atoms with Crippen molar-refractivity contribution in [1.82, 2.24) is 19.9 Å². The number of aromatic nitrogens is 3. The molecule has 2 aromatic heterocycles. The van der Waals surface area contributed by atoms with Gasteiger partial charge < -0.3 is 24.3 Å². The Morgan fingerprint density at radius 2 is 2.03 bits per heavy atom. The lowest BCUT2D eigenvalue weighted by Gasteiger charge is -2.23. The average molecular weight is 493 g/mol. The average Bonchev–Trinajstić information content (AvgIpc) is 3.64. The SMILES string of the molecule is CCOC(=O)[C@H](CC1CC1)NCc1ccc2c(c1)nc(-c1c[nH]c(=O)c(C)c1)n2CC1CCOCC1. The third-order valence-electron chi connectivity index (χ3n) is 7.33. The molecule has 8 heteroatoms. The predicted octanol–water partition coefficient (Wildman–Crippen LogP) is 3.95. The molecule has 0 spiro atoms. The van der Waals surface area contributed by atoms with E-state index in [0.717, 1.165) is 67.0 Å². The lowest BCUT2D eigenvalue weighted by molar-refractivity contribution is -0.146. The highest BCUT2D eigenvalue weighted by Gasteiger charge is 2.30. The minimum atomic E-state index is -0.279. The number of aryl methyl sites for hydroxylation is 1. The van der Waals surface area contributed by atoms with Crippen molar-refractivity contribution >= 4 is 17.0 Å². The maximum absolute atomic E-state index is 12.5. The minimum absolute atomic E-state index is 0.0819. The normalized spacial score (nSPS) is 17.4. The van der Waals surface area contributed by atoms with Crippen molar-refractivity contribution in [2.75, 3.05) is 19.8 Å². The number of imidazole rings is 1. The Morgan fingerprint density at radius 3 is 2.75 bits per heavy atom. The van der Waals surface area contributed by atoms with Crippen LogP contribution in [0, 0.1) is 18.8 Å². The summed E-state index contributed by atoms with van der Waals surface area (Å²) in [7, 11) is 0. The largest absolute Gasteiger partial charge is 0.465 e. The van der Waals surface area contributed by atoms with E-state index in [0.29, 0.717) is 30.6 Å². The standard InChI is InChI=1S/C28H36N4O4/c1-3-36-28(34)24(13-19-4-5-19)29-15-21-6-7-25-23(14-21)31-26(22-12-18(2)27(33)30-16-22)32(25)17-20-8-10-35-11-9-20/h6-7,12,14,16,19-20,24,29H,3-5,8-11,13,15,17H2,1-2H3,(H,30,33)/t24-/m0/s1. The van der Waals surface area contributed by atoms with Crippen molar-refractivity contribution < 1.29 is 14.3 Å². The number of esters is 1. The van der Waals surface area contributed by atoms with Crippen molar-refractivity contribution in [2.24, 2.45) is 11.8 Å². The van der Waals surface area contributed by atoms with E-state index >= 15 is 0 Å². The van der Waals surface area contributed by atoms with Gasteiger partial charge in [0.05, 0.1) is 17.6 Å². The molecule has 3 heterocycles. The Labute approximate surface area is 211 Å². The second-order valence-corrected chi connectivity index (χ2v) is 10.2. The first-order valence-electron chi connectivity index (χ1n) is 13.2. The summed E-state index contributed by atoms with van der Waals surface area (Å²) in [6.45, 7) is 7.08. The van der Waals surface area contributed by atoms with E-state index in [1.165, 1.54) is 12.8 Å². The molecule has 2 N–H and O–H groups in total. The number of rotatable bonds is 10. The molecule has 1 aliphatic carbocycles. The zero-order valence-electron chi connectivity index (χ0n) is 21.2. The fourth-order valence-electron chi connectivity index (χ4n) is 5.04. The van der Waals surface area contributed by atoms with Gasteiger partial charge in [-0.3, -0.25) is 9.59 Å². The molecule has 8 nitrogen and oxygen atoms in total. The summed E-state index contributed by atoms with van der Waals surface area (Å²) in [4.78, 5) is 32.3. The maximum atomic E-state index is 12.5. The topological polar surface area (TPSA) is 98.2 Å². The highest BCUT2D eigenvalue weighted by atomic mass is 16.5. The van der Waals surface area contributed by atoms with Crippen LogP contribution in [0.15, 0.2) is 35.3 Å². The molecule has 3 aromatic rings. The summed E-state index contributed by atoms with van der Waals surface area (Å²) in [6.07, 6.45) is 7.03. The van der Waals surface area contributed by atoms with Crippen LogP contribution in [0.5, 0.6) is 0 Å². The van der Waals surface area contributed by atoms with Gasteiger partial charge in [0.1, 0.15) is 11.9 Å². The zero-order valence-corrected chi connectivity index (χ0v) is 21.2. The number of carbonyl (C=O) groups is 1. The van der Waals surface area contributed by atoms with Crippen LogP contribution >= 0.6 is 0 Å². The van der Waals surface area contributed by atoms with Gasteiger partial charge in [0, 0.05) is 43.6 Å². The lowest BCUT2D eigenvalue weighted by Crippen LogP contribution is -2.38. The summed E-state index contributed by atoms with van der Waals surface area (Å²) in [5, 5.41) is 3.43. The minimum Gasteiger partial charge on any atom is -0.465 e. The van der Waals surface area contributed by atoms with Crippen LogP contribution in [-0.4, -0.2) is 46.4 Å². The number of nitrogens with one attached hydrogen (secondary N) is 2. The summed E-state index contributed by atoms with van der Waals surface area (Å²) in [5.74, 6) is 1.84. The Hall–Kier alpha value is -2.97. The molecule has 0 radical (unpaired) electrons. The fourth-order valence-corrected chi connectivity index (χ4v) is 5.04. The van der Waals surface area contributed by atoms with E-state index in [1.54, 1.807) is 6.20 Å². The van der Waals surface area contributed by atoms with Crippen LogP contribution in [0.4, 0.5) is 0 Å². The van der Waals surface area contributed by atoms with E-state index < -0.39 is 0 Å². The molecule has 2 fully saturated rings. The highest BCUT2D eigenvalue weighted by Crippen LogP contribution is 2.34. The van der Waals surface area contributed by atoms with E-state index in [9.17, 15) is 9.59 Å². The third-order valence-corrected chi connectivity index (χ3v) is 7.33. The van der Waals surface area contributed by atoms with E-state index in [2.05, 4.69) is 33.1 Å². The fraction of sp³-hybridized carbons (Fsp3) is 0.536. The van der Waals surface area contributed by atoms with Gasteiger partial charge in [-0.25, -0.2) is 4.98 Å². The van der Waals surface area contributed by atoms with Crippen LogP contribution in [-0.2, 0) is 27.4 Å². The molecule has 1 saturated carbocycles. The maximum Gasteiger partial charge on any atom is 0.323 e. The first-order valence-corrected chi connectivity index (χ1v) is 13.2. The van der Waals surface area contributed by atoms with Crippen LogP contribution in [0.25, 0.3) is 22.4 Å². The predicted molar refractivity (Wildman–Crippen MR) is 139 cm³/mol. The van der Waals surface area contributed by atoms with Crippen molar-refractivity contribution in [3.8, 4) is 11.4 Å². The Balaban J connectivity index is 1.43. The molecule has 192 valence electrons. The number of carbonyl (C=O) groups excluding carboxylic acids is 1. The van der Waals surface area contributed by atoms with Gasteiger partial charge in [0.2, 0.25) is 0 Å². The molecule has 36 heavy (non-hydrogen) atoms. The number of benzene rings is 1. The summed E-state index contributed by atoms with van der Waals surface area (Å²) >= 11 is 0. The molecular weight excluding hydrogens is 456 g/mol. The number of H-pyrrole nitrogens is 1. The van der Waals surface area contributed by atoms with Gasteiger partial charge in [0.25, 0.3) is 5.56 Å². The molecule has 1 saturated heterocycles. The highest BCUT2D eigenvalue weighted by molar-refractivity contribution is 5.81. The van der Waals surface area contributed by atoms with E-state index in [4.69, 9.17) is 14.5 Å². The van der Waals surface area contributed by atoms with Crippen molar-refractivity contribution in [3.63, 3.8) is 0 Å². The molecule has 1 atom stereocenters.